The Balaban J connectivity index is 5.87. The molecule has 6 heteroatoms. The summed E-state index contributed by atoms with van der Waals surface area (Å²) in [6, 6.07) is 0. The van der Waals surface area contributed by atoms with Gasteiger partial charge in [0.25, 0.3) is 0 Å². The number of hydrogen-bond acceptors (Lipinski definition) is 5. The third-order valence-electron chi connectivity index (χ3n) is 0.745. The Morgan fingerprint density at radius 3 is 0.727 bits per heavy atom. The number of nitriles is 5. The van der Waals surface area contributed by atoms with E-state index >= 15 is 0 Å². The van der Waals surface area contributed by atoms with E-state index in [1.165, 1.54) is 25.0 Å². The first-order valence-electron chi connectivity index (χ1n) is 1.95. The predicted molar refractivity (Wildman–Crippen MR) is 28.1 cm³/mol. The Bertz CT molecular complexity index is 290. The molecule has 0 aromatic heterocycles. The van der Waals surface area contributed by atoms with Crippen LogP contribution in [0.4, 0.5) is 0 Å². The second-order valence-corrected chi connectivity index (χ2v) is 4.97. The van der Waals surface area contributed by atoms with Gasteiger partial charge in [-0.3, -0.25) is 0 Å². The van der Waals surface area contributed by atoms with Crippen LogP contribution < -0.4 is 0 Å². The fourth-order valence-corrected chi connectivity index (χ4v) is 0.687. The summed E-state index contributed by atoms with van der Waals surface area (Å²) in [5.74, 6) is 0. The molecule has 0 aliphatic carbocycles. The van der Waals surface area contributed by atoms with Gasteiger partial charge in [0.1, 0.15) is 0 Å². The quantitative estimate of drug-likeness (QED) is 0.534. The molecule has 0 radical (unpaired) electrons. The summed E-state index contributed by atoms with van der Waals surface area (Å²) in [5, 5.41) is 47.8. The molecule has 0 aliphatic heterocycles. The third kappa shape index (κ3) is 0.876. The van der Waals surface area contributed by atoms with E-state index in [1.54, 1.807) is 0 Å². The number of hydrogen-bond donors (Lipinski definition) is 0. The summed E-state index contributed by atoms with van der Waals surface area (Å²) >= 11 is -4.63. The van der Waals surface area contributed by atoms with Gasteiger partial charge < -0.3 is 0 Å². The summed E-state index contributed by atoms with van der Waals surface area (Å²) in [5.41, 5.74) is 0. The Morgan fingerprint density at radius 1 is 0.545 bits per heavy atom. The fraction of sp³-hybridized carbons (Fsp3) is 0. The van der Waals surface area contributed by atoms with E-state index < -0.39 is 11.6 Å². The molecule has 11 heavy (non-hydrogen) atoms. The normalized spacial score (nSPS) is 11.4. The maximum atomic E-state index is 8.34. The van der Waals surface area contributed by atoms with Gasteiger partial charge in [0.15, 0.2) is 0 Å². The van der Waals surface area contributed by atoms with Gasteiger partial charge in [-0.15, -0.1) is 0 Å². The standard InChI is InChI=1S/5CN.Co/c5*1-2;. The second kappa shape index (κ2) is 2.29. The molecule has 0 fully saturated rings. The van der Waals surface area contributed by atoms with Crippen LogP contribution >= 0.6 is 0 Å². The van der Waals surface area contributed by atoms with Crippen molar-refractivity contribution in [2.75, 3.05) is 0 Å². The molecule has 0 heterocycles. The van der Waals surface area contributed by atoms with Gasteiger partial charge in [-0.1, -0.05) is 0 Å². The maximum absolute atomic E-state index is 8.34. The van der Waals surface area contributed by atoms with Crippen LogP contribution in [0.25, 0.3) is 0 Å². The van der Waals surface area contributed by atoms with Crippen LogP contribution in [0.1, 0.15) is 0 Å². The summed E-state index contributed by atoms with van der Waals surface area (Å²) in [6.07, 6.45) is 0. The Hall–Kier alpha value is -2.04. The third-order valence-corrected chi connectivity index (χ3v) is 3.07. The van der Waals surface area contributed by atoms with Crippen LogP contribution in [0.5, 0.6) is 0 Å². The Kier molecular flexibility index (Phi) is 1.87. The molecular formula is C5CoN5. The van der Waals surface area contributed by atoms with Crippen LogP contribution in [-0.4, -0.2) is 0 Å². The molecule has 0 saturated heterocycles. The average Bonchev–Trinajstić information content (AvgIpc) is 2.12. The number of nitrogens with zero attached hydrogens (tertiary/aromatic N) is 5. The van der Waals surface area contributed by atoms with Gasteiger partial charge in [0, 0.05) is 0 Å². The van der Waals surface area contributed by atoms with Crippen molar-refractivity contribution >= 4 is 0 Å². The SMILES string of the molecule is N#[C][Co]([C]#N)([C]#N)([C]#N)[C]#N. The van der Waals surface area contributed by atoms with Gasteiger partial charge >= 0.3 is 62.9 Å². The second-order valence-electron chi connectivity index (χ2n) is 1.21. The van der Waals surface area contributed by atoms with E-state index in [4.69, 9.17) is 26.3 Å². The molecule has 0 spiro atoms. The molecule has 0 rings (SSSR count). The van der Waals surface area contributed by atoms with Crippen molar-refractivity contribution in [2.24, 2.45) is 0 Å². The number of rotatable bonds is 0. The molecule has 54 valence electrons. The van der Waals surface area contributed by atoms with Crippen molar-refractivity contribution in [2.45, 2.75) is 0 Å². The molecule has 0 aliphatic rings. The fourth-order valence-electron chi connectivity index (χ4n) is 0.167. The van der Waals surface area contributed by atoms with Crippen molar-refractivity contribution < 1.29 is 11.6 Å². The summed E-state index contributed by atoms with van der Waals surface area (Å²) in [7, 11) is 0. The molecule has 5 nitrogen and oxygen atoms in total. The van der Waals surface area contributed by atoms with Gasteiger partial charge in [-0.05, 0) is 0 Å². The first kappa shape index (κ1) is 8.96. The molecule has 0 N–H and O–H groups in total. The van der Waals surface area contributed by atoms with Gasteiger partial charge in [-0.2, -0.15) is 0 Å². The molecule has 0 atom stereocenters. The Morgan fingerprint density at radius 2 is 0.727 bits per heavy atom. The van der Waals surface area contributed by atoms with Gasteiger partial charge in [0.05, 0.1) is 0 Å². The first-order chi connectivity index (χ1) is 5.12. The van der Waals surface area contributed by atoms with Crippen LogP contribution in [0.3, 0.4) is 0 Å². The Labute approximate surface area is 63.5 Å². The van der Waals surface area contributed by atoms with E-state index in [-0.39, 0.29) is 0 Å². The molecular weight excluding hydrogens is 189 g/mol. The molecule has 0 aromatic rings. The van der Waals surface area contributed by atoms with E-state index in [1.807, 2.05) is 0 Å². The van der Waals surface area contributed by atoms with Crippen molar-refractivity contribution in [3.63, 3.8) is 0 Å². The van der Waals surface area contributed by atoms with E-state index in [2.05, 4.69) is 0 Å². The minimum atomic E-state index is -4.63. The zero-order valence-corrected chi connectivity index (χ0v) is 6.11. The topological polar surface area (TPSA) is 119 Å². The summed E-state index contributed by atoms with van der Waals surface area (Å²) in [4.78, 5) is 0. The molecule has 0 amide bonds. The van der Waals surface area contributed by atoms with Crippen molar-refractivity contribution in [3.05, 3.63) is 0 Å². The minimum absolute atomic E-state index is 1.21. The molecule has 0 bridgehead atoms. The summed E-state index contributed by atoms with van der Waals surface area (Å²) < 4.78 is 0. The predicted octanol–water partition coefficient (Wildman–Crippen LogP) is 0.0814. The van der Waals surface area contributed by atoms with Crippen molar-refractivity contribution in [1.29, 1.82) is 26.3 Å². The van der Waals surface area contributed by atoms with E-state index in [0.717, 1.165) is 0 Å². The molecule has 0 aromatic carbocycles. The average molecular weight is 189 g/mol. The first-order valence-corrected chi connectivity index (χ1v) is 4.55. The molecule has 0 unspecified atom stereocenters. The van der Waals surface area contributed by atoms with Crippen LogP contribution in [0.15, 0.2) is 0 Å². The summed E-state index contributed by atoms with van der Waals surface area (Å²) in [6.45, 7) is 0. The monoisotopic (exact) mass is 189 g/mol. The van der Waals surface area contributed by atoms with Crippen LogP contribution in [-0.2, 0) is 11.6 Å². The zero-order chi connectivity index (χ0) is 8.98. The van der Waals surface area contributed by atoms with E-state index in [0.29, 0.717) is 0 Å². The van der Waals surface area contributed by atoms with Gasteiger partial charge in [-0.25, -0.2) is 0 Å². The zero-order valence-electron chi connectivity index (χ0n) is 5.07. The molecule has 0 saturated carbocycles. The van der Waals surface area contributed by atoms with E-state index in [9.17, 15) is 0 Å². The van der Waals surface area contributed by atoms with Crippen molar-refractivity contribution in [3.8, 4) is 25.0 Å². The van der Waals surface area contributed by atoms with Gasteiger partial charge in [0.2, 0.25) is 0 Å². The van der Waals surface area contributed by atoms with Crippen LogP contribution in [0, 0.1) is 51.3 Å². The van der Waals surface area contributed by atoms with Crippen LogP contribution in [0.2, 0.25) is 0 Å². The van der Waals surface area contributed by atoms with Crippen molar-refractivity contribution in [1.82, 2.24) is 0 Å².